The van der Waals surface area contributed by atoms with Crippen LogP contribution >= 0.6 is 0 Å². The van der Waals surface area contributed by atoms with E-state index in [1.165, 1.54) is 17.4 Å². The molecule has 0 spiro atoms. The zero-order chi connectivity index (χ0) is 23.8. The van der Waals surface area contributed by atoms with Crippen molar-refractivity contribution in [3.63, 3.8) is 0 Å². The van der Waals surface area contributed by atoms with E-state index in [1.54, 1.807) is 42.5 Å². The Morgan fingerprint density at radius 3 is 2.42 bits per heavy atom. The van der Waals surface area contributed by atoms with E-state index in [2.05, 4.69) is 0 Å². The van der Waals surface area contributed by atoms with Crippen LogP contribution in [0.5, 0.6) is 5.75 Å². The number of aliphatic hydroxyl groups is 1. The maximum absolute atomic E-state index is 13.1. The van der Waals surface area contributed by atoms with Crippen LogP contribution in [0.4, 0.5) is 0 Å². The molecule has 0 radical (unpaired) electrons. The summed E-state index contributed by atoms with van der Waals surface area (Å²) in [6, 6.07) is 11.2. The summed E-state index contributed by atoms with van der Waals surface area (Å²) in [6.45, 7) is 8.60. The number of amides is 1. The number of carbonyl (C=O) groups is 2. The van der Waals surface area contributed by atoms with Crippen LogP contribution in [0.2, 0.25) is 0 Å². The molecule has 7 heteroatoms. The van der Waals surface area contributed by atoms with Crippen molar-refractivity contribution in [1.29, 1.82) is 0 Å². The highest BCUT2D eigenvalue weighted by atomic mass is 16.5. The molecular weight excluding hydrogens is 422 g/mol. The van der Waals surface area contributed by atoms with Gasteiger partial charge in [0.2, 0.25) is 0 Å². The van der Waals surface area contributed by atoms with Gasteiger partial charge in [0, 0.05) is 11.1 Å². The zero-order valence-corrected chi connectivity index (χ0v) is 19.1. The molecule has 1 atom stereocenters. The Morgan fingerprint density at radius 1 is 1.09 bits per heavy atom. The molecule has 4 rings (SSSR count). The van der Waals surface area contributed by atoms with Gasteiger partial charge in [0.15, 0.2) is 0 Å². The molecule has 1 aromatic carbocycles. The number of benzene rings is 1. The summed E-state index contributed by atoms with van der Waals surface area (Å²) in [4.78, 5) is 27.4. The number of likely N-dealkylation sites (tertiary alicyclic amines) is 1. The van der Waals surface area contributed by atoms with Crippen molar-refractivity contribution in [2.75, 3.05) is 6.61 Å². The minimum Gasteiger partial charge on any atom is -0.507 e. The minimum absolute atomic E-state index is 0.0227. The summed E-state index contributed by atoms with van der Waals surface area (Å²) < 4.78 is 16.7. The summed E-state index contributed by atoms with van der Waals surface area (Å²) in [6.07, 6.45) is 2.97. The smallest absolute Gasteiger partial charge is 0.296 e. The van der Waals surface area contributed by atoms with Crippen molar-refractivity contribution < 1.29 is 28.3 Å². The number of rotatable bonds is 6. The second-order valence-corrected chi connectivity index (χ2v) is 8.92. The van der Waals surface area contributed by atoms with Crippen LogP contribution in [0.25, 0.3) is 5.76 Å². The van der Waals surface area contributed by atoms with Gasteiger partial charge in [-0.3, -0.25) is 9.59 Å². The Morgan fingerprint density at radius 2 is 1.82 bits per heavy atom. The fourth-order valence-corrected chi connectivity index (χ4v) is 4.06. The number of nitrogens with zero attached hydrogens (tertiary/aromatic N) is 1. The minimum atomic E-state index is -0.880. The highest BCUT2D eigenvalue weighted by Gasteiger charge is 2.47. The Hall–Kier alpha value is -3.74. The zero-order valence-electron chi connectivity index (χ0n) is 19.1. The van der Waals surface area contributed by atoms with Crippen molar-refractivity contribution in [3.8, 4) is 5.75 Å². The fourth-order valence-electron chi connectivity index (χ4n) is 4.06. The van der Waals surface area contributed by atoms with E-state index >= 15 is 0 Å². The number of carbonyl (C=O) groups excluding carboxylic acids is 2. The van der Waals surface area contributed by atoms with Gasteiger partial charge < -0.3 is 23.6 Å². The van der Waals surface area contributed by atoms with Gasteiger partial charge in [0.25, 0.3) is 11.7 Å². The third kappa shape index (κ3) is 4.18. The number of furan rings is 2. The van der Waals surface area contributed by atoms with Crippen LogP contribution in [0.3, 0.4) is 0 Å². The molecule has 1 aliphatic heterocycles. The SMILES string of the molecule is CCOc1ccc(/C(O)=C2/C(=O)C(=O)N(Cc3ccco3)C2c2ccco2)cc1C(C)(C)C. The van der Waals surface area contributed by atoms with Gasteiger partial charge in [-0.15, -0.1) is 0 Å². The normalized spacial score (nSPS) is 18.2. The van der Waals surface area contributed by atoms with Crippen LogP contribution < -0.4 is 4.74 Å². The molecule has 1 unspecified atom stereocenters. The predicted octanol–water partition coefficient (Wildman–Crippen LogP) is 5.19. The Labute approximate surface area is 192 Å². The van der Waals surface area contributed by atoms with Crippen LogP contribution in [-0.4, -0.2) is 28.3 Å². The molecule has 1 fully saturated rings. The van der Waals surface area contributed by atoms with Crippen LogP contribution in [0.1, 0.15) is 56.4 Å². The standard InChI is InChI=1S/C26H27NO6/c1-5-31-19-11-10-16(14-18(19)26(2,3)4)23(28)21-22(20-9-7-13-33-20)27(25(30)24(21)29)15-17-8-6-12-32-17/h6-14,22,28H,5,15H2,1-4H3/b23-21-. The molecule has 2 aromatic heterocycles. The summed E-state index contributed by atoms with van der Waals surface area (Å²) in [5.74, 6) is -0.149. The van der Waals surface area contributed by atoms with Gasteiger partial charge in [-0.25, -0.2) is 0 Å². The first-order chi connectivity index (χ1) is 15.7. The molecule has 3 aromatic rings. The van der Waals surface area contributed by atoms with Gasteiger partial charge >= 0.3 is 0 Å². The molecule has 1 N–H and O–H groups in total. The van der Waals surface area contributed by atoms with Gasteiger partial charge in [-0.2, -0.15) is 0 Å². The van der Waals surface area contributed by atoms with E-state index in [0.717, 1.165) is 5.56 Å². The van der Waals surface area contributed by atoms with Crippen molar-refractivity contribution in [2.24, 2.45) is 0 Å². The average molecular weight is 450 g/mol. The lowest BCUT2D eigenvalue weighted by Gasteiger charge is -2.24. The number of Topliss-reactive ketones (excluding diaryl/α,β-unsaturated/α-hetero) is 1. The highest BCUT2D eigenvalue weighted by molar-refractivity contribution is 6.46. The lowest BCUT2D eigenvalue weighted by molar-refractivity contribution is -0.140. The molecule has 3 heterocycles. The lowest BCUT2D eigenvalue weighted by atomic mass is 9.84. The van der Waals surface area contributed by atoms with E-state index in [9.17, 15) is 14.7 Å². The summed E-state index contributed by atoms with van der Waals surface area (Å²) in [5, 5.41) is 11.3. The number of hydrogen-bond acceptors (Lipinski definition) is 6. The molecule has 0 aliphatic carbocycles. The van der Waals surface area contributed by atoms with E-state index < -0.39 is 17.7 Å². The number of aliphatic hydroxyl groups excluding tert-OH is 1. The fraction of sp³-hybridized carbons (Fsp3) is 0.308. The molecule has 172 valence electrons. The monoisotopic (exact) mass is 449 g/mol. The summed E-state index contributed by atoms with van der Waals surface area (Å²) >= 11 is 0. The van der Waals surface area contributed by atoms with Gasteiger partial charge in [0.05, 0.1) is 31.3 Å². The Kier molecular flexibility index (Phi) is 5.89. The van der Waals surface area contributed by atoms with Gasteiger partial charge in [-0.1, -0.05) is 20.8 Å². The third-order valence-corrected chi connectivity index (χ3v) is 5.62. The topological polar surface area (TPSA) is 93.1 Å². The van der Waals surface area contributed by atoms with Crippen molar-refractivity contribution in [3.05, 3.63) is 83.2 Å². The maximum Gasteiger partial charge on any atom is 0.296 e. The van der Waals surface area contributed by atoms with E-state index in [1.807, 2.05) is 27.7 Å². The first-order valence-corrected chi connectivity index (χ1v) is 10.8. The molecule has 0 bridgehead atoms. The van der Waals surface area contributed by atoms with Crippen LogP contribution in [0.15, 0.2) is 69.4 Å². The van der Waals surface area contributed by atoms with Crippen molar-refractivity contribution in [1.82, 2.24) is 4.90 Å². The number of hydrogen-bond donors (Lipinski definition) is 1. The first kappa shape index (κ1) is 22.5. The van der Waals surface area contributed by atoms with Crippen LogP contribution in [0, 0.1) is 0 Å². The van der Waals surface area contributed by atoms with E-state index in [4.69, 9.17) is 13.6 Å². The Balaban J connectivity index is 1.85. The molecular formula is C26H27NO6. The molecule has 1 amide bonds. The second-order valence-electron chi connectivity index (χ2n) is 8.92. The Bertz CT molecular complexity index is 1180. The van der Waals surface area contributed by atoms with E-state index in [0.29, 0.717) is 29.4 Å². The summed E-state index contributed by atoms with van der Waals surface area (Å²) in [7, 11) is 0. The summed E-state index contributed by atoms with van der Waals surface area (Å²) in [5.41, 5.74) is 1.02. The molecule has 7 nitrogen and oxygen atoms in total. The molecule has 33 heavy (non-hydrogen) atoms. The average Bonchev–Trinajstić information content (AvgIpc) is 3.52. The van der Waals surface area contributed by atoms with Crippen LogP contribution in [-0.2, 0) is 21.5 Å². The quantitative estimate of drug-likeness (QED) is 0.316. The second kappa shape index (κ2) is 8.65. The molecule has 1 aliphatic rings. The first-order valence-electron chi connectivity index (χ1n) is 10.8. The van der Waals surface area contributed by atoms with Crippen molar-refractivity contribution >= 4 is 17.4 Å². The maximum atomic E-state index is 13.1. The number of ketones is 1. The third-order valence-electron chi connectivity index (χ3n) is 5.62. The van der Waals surface area contributed by atoms with Gasteiger partial charge in [0.1, 0.15) is 29.1 Å². The van der Waals surface area contributed by atoms with Crippen molar-refractivity contribution in [2.45, 2.75) is 45.7 Å². The molecule has 0 saturated carbocycles. The predicted molar refractivity (Wildman–Crippen MR) is 122 cm³/mol. The largest absolute Gasteiger partial charge is 0.507 e. The van der Waals surface area contributed by atoms with E-state index in [-0.39, 0.29) is 23.3 Å². The lowest BCUT2D eigenvalue weighted by Crippen LogP contribution is -2.28. The van der Waals surface area contributed by atoms with Gasteiger partial charge in [-0.05, 0) is 54.8 Å². The highest BCUT2D eigenvalue weighted by Crippen LogP contribution is 2.41. The number of ether oxygens (including phenoxy) is 1. The molecule has 1 saturated heterocycles.